The van der Waals surface area contributed by atoms with Crippen LogP contribution in [0.2, 0.25) is 0 Å². The molecule has 0 saturated carbocycles. The number of hydrogen-bond acceptors (Lipinski definition) is 5. The minimum absolute atomic E-state index is 0.00495. The van der Waals surface area contributed by atoms with Crippen LogP contribution in [0.25, 0.3) is 0 Å². The largest absolute Gasteiger partial charge is 0.496 e. The number of methoxy groups -OCH3 is 1. The average Bonchev–Trinajstić information content (AvgIpc) is 2.79. The highest BCUT2D eigenvalue weighted by Gasteiger charge is 2.55. The third-order valence-corrected chi connectivity index (χ3v) is 6.26. The Hall–Kier alpha value is -1.63. The van der Waals surface area contributed by atoms with E-state index in [4.69, 9.17) is 4.74 Å². The first-order valence-corrected chi connectivity index (χ1v) is 8.54. The summed E-state index contributed by atoms with van der Waals surface area (Å²) in [4.78, 5) is 16.3. The van der Waals surface area contributed by atoms with Crippen molar-refractivity contribution in [2.24, 2.45) is 5.92 Å². The molecule has 3 aliphatic rings. The van der Waals surface area contributed by atoms with Crippen molar-refractivity contribution in [3.8, 4) is 5.75 Å². The maximum atomic E-state index is 11.7. The second-order valence-electron chi connectivity index (χ2n) is 7.19. The van der Waals surface area contributed by atoms with Crippen LogP contribution in [-0.4, -0.2) is 71.4 Å². The third kappa shape index (κ3) is 2.10. The van der Waals surface area contributed by atoms with E-state index >= 15 is 0 Å². The standard InChI is InChI=1S/C18H24N2O4/c1-19-11-7-12(18(22)23)17(19)13-6-10-4-3-5-15(24-2)16(10)14(9-21)20(13)8-11/h3-5,11-14,17,21H,6-9H2,1-2H3,(H,22,23)/t11-,12+,13-,14-,17-/m0/s1. The van der Waals surface area contributed by atoms with Crippen LogP contribution in [0.15, 0.2) is 18.2 Å². The van der Waals surface area contributed by atoms with Crippen LogP contribution in [0.4, 0.5) is 0 Å². The van der Waals surface area contributed by atoms with Gasteiger partial charge in [-0.3, -0.25) is 14.6 Å². The second-order valence-corrected chi connectivity index (χ2v) is 7.19. The molecule has 2 bridgehead atoms. The fraction of sp³-hybridized carbons (Fsp3) is 0.611. The Labute approximate surface area is 141 Å². The predicted octanol–water partition coefficient (Wildman–Crippen LogP) is 0.742. The van der Waals surface area contributed by atoms with E-state index in [1.54, 1.807) is 7.11 Å². The fourth-order valence-electron chi connectivity index (χ4n) is 5.20. The first-order chi connectivity index (χ1) is 11.6. The number of aliphatic hydroxyl groups is 1. The van der Waals surface area contributed by atoms with Crippen molar-refractivity contribution in [3.63, 3.8) is 0 Å². The lowest BCUT2D eigenvalue weighted by atomic mass is 9.81. The number of carbonyl (C=O) groups is 1. The number of benzene rings is 1. The van der Waals surface area contributed by atoms with Crippen LogP contribution >= 0.6 is 0 Å². The van der Waals surface area contributed by atoms with Gasteiger partial charge in [-0.1, -0.05) is 12.1 Å². The number of rotatable bonds is 3. The number of carboxylic acid groups (broad SMARTS) is 1. The van der Waals surface area contributed by atoms with E-state index in [1.807, 2.05) is 19.2 Å². The number of hydrogen-bond donors (Lipinski definition) is 2. The maximum absolute atomic E-state index is 11.7. The van der Waals surface area contributed by atoms with E-state index in [1.165, 1.54) is 0 Å². The SMILES string of the molecule is COc1cccc2c1[C@H](CO)N1C[C@@H]3C[C@@H](C(=O)O)[C@@H]([C@@H]1C2)N3C. The van der Waals surface area contributed by atoms with E-state index < -0.39 is 5.97 Å². The molecule has 24 heavy (non-hydrogen) atoms. The zero-order valence-corrected chi connectivity index (χ0v) is 14.1. The molecule has 0 aliphatic carbocycles. The molecule has 2 fully saturated rings. The van der Waals surface area contributed by atoms with E-state index in [-0.39, 0.29) is 36.7 Å². The lowest BCUT2D eigenvalue weighted by Crippen LogP contribution is -2.63. The molecule has 2 N–H and O–H groups in total. The van der Waals surface area contributed by atoms with Crippen molar-refractivity contribution in [3.05, 3.63) is 29.3 Å². The van der Waals surface area contributed by atoms with Gasteiger partial charge in [0.25, 0.3) is 0 Å². The number of fused-ring (bicyclic) bond motifs is 5. The summed E-state index contributed by atoms with van der Waals surface area (Å²) in [6.07, 6.45) is 1.49. The number of aliphatic hydroxyl groups excluding tert-OH is 1. The molecule has 3 aliphatic heterocycles. The van der Waals surface area contributed by atoms with Gasteiger partial charge in [0.05, 0.1) is 25.7 Å². The summed E-state index contributed by atoms with van der Waals surface area (Å²) in [5.41, 5.74) is 2.23. The molecule has 130 valence electrons. The van der Waals surface area contributed by atoms with E-state index in [2.05, 4.69) is 15.9 Å². The predicted molar refractivity (Wildman–Crippen MR) is 88.1 cm³/mol. The summed E-state index contributed by atoms with van der Waals surface area (Å²) < 4.78 is 5.53. The topological polar surface area (TPSA) is 73.2 Å². The first kappa shape index (κ1) is 15.9. The molecule has 1 aromatic carbocycles. The number of aliphatic carboxylic acids is 1. The Morgan fingerprint density at radius 2 is 2.21 bits per heavy atom. The monoisotopic (exact) mass is 332 g/mol. The molecule has 2 saturated heterocycles. The van der Waals surface area contributed by atoms with Crippen molar-refractivity contribution >= 4 is 5.97 Å². The van der Waals surface area contributed by atoms with Gasteiger partial charge in [-0.05, 0) is 31.5 Å². The number of piperazine rings is 1. The molecule has 4 rings (SSSR count). The molecule has 1 aromatic rings. The number of likely N-dealkylation sites (N-methyl/N-ethyl adjacent to an activating group) is 1. The molecular formula is C18H24N2O4. The Bertz CT molecular complexity index is 664. The minimum Gasteiger partial charge on any atom is -0.496 e. The number of nitrogens with zero attached hydrogens (tertiary/aromatic N) is 2. The van der Waals surface area contributed by atoms with Gasteiger partial charge in [0, 0.05) is 30.2 Å². The third-order valence-electron chi connectivity index (χ3n) is 6.26. The molecule has 0 amide bonds. The van der Waals surface area contributed by atoms with Crippen LogP contribution < -0.4 is 4.74 Å². The van der Waals surface area contributed by atoms with Crippen molar-refractivity contribution in [2.75, 3.05) is 27.3 Å². The van der Waals surface area contributed by atoms with Gasteiger partial charge in [-0.2, -0.15) is 0 Å². The lowest BCUT2D eigenvalue weighted by Gasteiger charge is -2.52. The van der Waals surface area contributed by atoms with Gasteiger partial charge in [0.15, 0.2) is 0 Å². The highest BCUT2D eigenvalue weighted by Crippen LogP contribution is 2.47. The summed E-state index contributed by atoms with van der Waals surface area (Å²) in [5.74, 6) is -0.222. The Morgan fingerprint density at radius 3 is 2.88 bits per heavy atom. The van der Waals surface area contributed by atoms with Crippen LogP contribution in [0, 0.1) is 5.92 Å². The van der Waals surface area contributed by atoms with Crippen molar-refractivity contribution in [2.45, 2.75) is 37.0 Å². The molecule has 5 atom stereocenters. The van der Waals surface area contributed by atoms with Crippen LogP contribution in [-0.2, 0) is 11.2 Å². The molecular weight excluding hydrogens is 308 g/mol. The zero-order chi connectivity index (χ0) is 17.0. The van der Waals surface area contributed by atoms with Gasteiger partial charge in [-0.15, -0.1) is 0 Å². The summed E-state index contributed by atoms with van der Waals surface area (Å²) >= 11 is 0. The van der Waals surface area contributed by atoms with E-state index in [0.29, 0.717) is 6.42 Å². The van der Waals surface area contributed by atoms with Gasteiger partial charge in [0.2, 0.25) is 0 Å². The highest BCUT2D eigenvalue weighted by molar-refractivity contribution is 5.72. The van der Waals surface area contributed by atoms with Gasteiger partial charge in [-0.25, -0.2) is 0 Å². The molecule has 6 nitrogen and oxygen atoms in total. The van der Waals surface area contributed by atoms with Crippen molar-refractivity contribution in [1.29, 1.82) is 0 Å². The zero-order valence-electron chi connectivity index (χ0n) is 14.1. The number of ether oxygens (including phenoxy) is 1. The van der Waals surface area contributed by atoms with Crippen LogP contribution in [0.5, 0.6) is 5.75 Å². The number of carboxylic acids is 1. The maximum Gasteiger partial charge on any atom is 0.308 e. The molecule has 0 radical (unpaired) electrons. The molecule has 6 heteroatoms. The van der Waals surface area contributed by atoms with Crippen molar-refractivity contribution < 1.29 is 19.7 Å². The summed E-state index contributed by atoms with van der Waals surface area (Å²) in [7, 11) is 3.70. The van der Waals surface area contributed by atoms with E-state index in [9.17, 15) is 15.0 Å². The summed E-state index contributed by atoms with van der Waals surface area (Å²) in [5, 5.41) is 19.8. The van der Waals surface area contributed by atoms with Gasteiger partial charge >= 0.3 is 5.97 Å². The highest BCUT2D eigenvalue weighted by atomic mass is 16.5. The molecule has 3 heterocycles. The normalized spacial score (nSPS) is 35.4. The quantitative estimate of drug-likeness (QED) is 0.851. The molecule has 0 unspecified atom stereocenters. The average molecular weight is 332 g/mol. The molecule has 0 spiro atoms. The first-order valence-electron chi connectivity index (χ1n) is 8.54. The Balaban J connectivity index is 1.79. The summed E-state index contributed by atoms with van der Waals surface area (Å²) in [6.45, 7) is 0.814. The smallest absolute Gasteiger partial charge is 0.308 e. The second kappa shape index (κ2) is 5.72. The fourth-order valence-corrected chi connectivity index (χ4v) is 5.20. The van der Waals surface area contributed by atoms with Crippen LogP contribution in [0.1, 0.15) is 23.6 Å². The van der Waals surface area contributed by atoms with Gasteiger partial charge < -0.3 is 14.9 Å². The Morgan fingerprint density at radius 1 is 1.42 bits per heavy atom. The van der Waals surface area contributed by atoms with Crippen molar-refractivity contribution in [1.82, 2.24) is 9.80 Å². The lowest BCUT2D eigenvalue weighted by molar-refractivity contribution is -0.143. The Kier molecular flexibility index (Phi) is 3.78. The minimum atomic E-state index is -0.701. The van der Waals surface area contributed by atoms with Gasteiger partial charge in [0.1, 0.15) is 5.75 Å². The van der Waals surface area contributed by atoms with E-state index in [0.717, 1.165) is 29.8 Å². The molecule has 0 aromatic heterocycles. The summed E-state index contributed by atoms with van der Waals surface area (Å²) in [6, 6.07) is 6.21. The van der Waals surface area contributed by atoms with Crippen LogP contribution in [0.3, 0.4) is 0 Å².